The van der Waals surface area contributed by atoms with E-state index in [1.165, 1.54) is 0 Å². The van der Waals surface area contributed by atoms with E-state index in [2.05, 4.69) is 0 Å². The fourth-order valence-corrected chi connectivity index (χ4v) is 1.86. The molecule has 1 amide bonds. The number of ketones is 1. The van der Waals surface area contributed by atoms with E-state index in [0.29, 0.717) is 25.2 Å². The number of rotatable bonds is 3. The van der Waals surface area contributed by atoms with Crippen LogP contribution in [0.1, 0.15) is 25.7 Å². The van der Waals surface area contributed by atoms with Crippen LogP contribution in [0.15, 0.2) is 0 Å². The first kappa shape index (κ1) is 12.2. The predicted octanol–water partition coefficient (Wildman–Crippen LogP) is 0.518. The van der Waals surface area contributed by atoms with Crippen molar-refractivity contribution in [2.45, 2.75) is 31.7 Å². The summed E-state index contributed by atoms with van der Waals surface area (Å²) >= 11 is 0. The minimum absolute atomic E-state index is 0.0931. The van der Waals surface area contributed by atoms with Crippen LogP contribution in [-0.2, 0) is 9.59 Å². The first-order valence-electron chi connectivity index (χ1n) is 5.43. The van der Waals surface area contributed by atoms with Gasteiger partial charge in [0.2, 0.25) is 5.91 Å². The Morgan fingerprint density at radius 2 is 2.07 bits per heavy atom. The molecular weight excluding hydrogens is 192 g/mol. The lowest BCUT2D eigenvalue weighted by atomic mass is 9.93. The minimum Gasteiger partial charge on any atom is -0.348 e. The van der Waals surface area contributed by atoms with Crippen molar-refractivity contribution < 1.29 is 9.59 Å². The summed E-state index contributed by atoms with van der Waals surface area (Å²) in [5, 5.41) is 0. The van der Waals surface area contributed by atoms with Crippen LogP contribution < -0.4 is 0 Å². The van der Waals surface area contributed by atoms with E-state index in [1.54, 1.807) is 19.0 Å². The Balaban J connectivity index is 2.42. The molecule has 4 nitrogen and oxygen atoms in total. The third-order valence-corrected chi connectivity index (χ3v) is 2.96. The maximum absolute atomic E-state index is 11.5. The molecule has 0 aromatic heterocycles. The molecule has 0 N–H and O–H groups in total. The summed E-state index contributed by atoms with van der Waals surface area (Å²) in [6.45, 7) is 0.408. The van der Waals surface area contributed by atoms with Crippen LogP contribution in [0.5, 0.6) is 0 Å². The van der Waals surface area contributed by atoms with E-state index in [9.17, 15) is 9.59 Å². The molecule has 0 aromatic carbocycles. The van der Waals surface area contributed by atoms with Crippen molar-refractivity contribution in [2.75, 3.05) is 27.7 Å². The van der Waals surface area contributed by atoms with Crippen molar-refractivity contribution in [1.29, 1.82) is 0 Å². The Hall–Kier alpha value is -0.900. The average molecular weight is 212 g/mol. The Bertz CT molecular complexity index is 251. The summed E-state index contributed by atoms with van der Waals surface area (Å²) in [6.07, 6.45) is 3.32. The van der Waals surface area contributed by atoms with Crippen LogP contribution in [0, 0.1) is 0 Å². The number of hydrogen-bond donors (Lipinski definition) is 0. The van der Waals surface area contributed by atoms with Crippen molar-refractivity contribution in [3.63, 3.8) is 0 Å². The number of carbonyl (C=O) groups excluding carboxylic acids is 2. The summed E-state index contributed by atoms with van der Waals surface area (Å²) < 4.78 is 0. The lowest BCUT2D eigenvalue weighted by Gasteiger charge is -2.30. The zero-order valence-corrected chi connectivity index (χ0v) is 9.82. The highest BCUT2D eigenvalue weighted by molar-refractivity contribution is 5.80. The molecule has 1 saturated carbocycles. The second kappa shape index (κ2) is 5.26. The molecular formula is C11H20N2O2. The van der Waals surface area contributed by atoms with Gasteiger partial charge in [-0.15, -0.1) is 0 Å². The number of carbonyl (C=O) groups is 2. The van der Waals surface area contributed by atoms with Gasteiger partial charge in [0, 0.05) is 33.0 Å². The standard InChI is InChI=1S/C11H20N2O2/c1-12(2)11(15)8-13(3)9-5-4-6-10(14)7-9/h9H,4-8H2,1-3H3. The van der Waals surface area contributed by atoms with Gasteiger partial charge >= 0.3 is 0 Å². The van der Waals surface area contributed by atoms with E-state index in [4.69, 9.17) is 0 Å². The van der Waals surface area contributed by atoms with Crippen LogP contribution in [0.4, 0.5) is 0 Å². The summed E-state index contributed by atoms with van der Waals surface area (Å²) in [7, 11) is 5.43. The summed E-state index contributed by atoms with van der Waals surface area (Å²) in [6, 6.07) is 0.259. The fraction of sp³-hybridized carbons (Fsp3) is 0.818. The Labute approximate surface area is 91.2 Å². The van der Waals surface area contributed by atoms with Crippen molar-refractivity contribution in [1.82, 2.24) is 9.80 Å². The number of likely N-dealkylation sites (N-methyl/N-ethyl adjacent to an activating group) is 2. The predicted molar refractivity (Wildman–Crippen MR) is 58.6 cm³/mol. The highest BCUT2D eigenvalue weighted by Gasteiger charge is 2.24. The number of hydrogen-bond acceptors (Lipinski definition) is 3. The van der Waals surface area contributed by atoms with Gasteiger partial charge in [0.05, 0.1) is 6.54 Å². The van der Waals surface area contributed by atoms with Gasteiger partial charge in [0.1, 0.15) is 5.78 Å². The Morgan fingerprint density at radius 3 is 2.60 bits per heavy atom. The Morgan fingerprint density at radius 1 is 1.40 bits per heavy atom. The molecule has 1 aliphatic rings. The molecule has 0 aliphatic heterocycles. The molecule has 0 spiro atoms. The van der Waals surface area contributed by atoms with E-state index in [0.717, 1.165) is 12.8 Å². The van der Waals surface area contributed by atoms with Crippen LogP contribution in [0.25, 0.3) is 0 Å². The summed E-state index contributed by atoms with van der Waals surface area (Å²) in [4.78, 5) is 26.3. The minimum atomic E-state index is 0.0931. The first-order chi connectivity index (χ1) is 7.00. The molecule has 1 rings (SSSR count). The molecule has 86 valence electrons. The lowest BCUT2D eigenvalue weighted by Crippen LogP contribution is -2.42. The molecule has 0 saturated heterocycles. The SMILES string of the molecule is CN(C)C(=O)CN(C)C1CCCC(=O)C1. The molecule has 0 aromatic rings. The quantitative estimate of drug-likeness (QED) is 0.684. The molecule has 0 bridgehead atoms. The van der Waals surface area contributed by atoms with Crippen molar-refractivity contribution in [2.24, 2.45) is 0 Å². The molecule has 1 aliphatic carbocycles. The van der Waals surface area contributed by atoms with Crippen molar-refractivity contribution in [3.05, 3.63) is 0 Å². The second-order valence-corrected chi connectivity index (χ2v) is 4.49. The summed E-state index contributed by atoms with van der Waals surface area (Å²) in [5.74, 6) is 0.422. The molecule has 1 atom stereocenters. The third kappa shape index (κ3) is 3.63. The van der Waals surface area contributed by atoms with Gasteiger partial charge in [0.25, 0.3) is 0 Å². The Kier molecular flexibility index (Phi) is 4.27. The van der Waals surface area contributed by atoms with E-state index < -0.39 is 0 Å². The van der Waals surface area contributed by atoms with Gasteiger partial charge in [-0.3, -0.25) is 14.5 Å². The van der Waals surface area contributed by atoms with Gasteiger partial charge < -0.3 is 4.90 Å². The fourth-order valence-electron chi connectivity index (χ4n) is 1.86. The van der Waals surface area contributed by atoms with Crippen LogP contribution in [0.2, 0.25) is 0 Å². The highest BCUT2D eigenvalue weighted by atomic mass is 16.2. The van der Waals surface area contributed by atoms with Gasteiger partial charge in [0.15, 0.2) is 0 Å². The topological polar surface area (TPSA) is 40.6 Å². The lowest BCUT2D eigenvalue weighted by molar-refractivity contribution is -0.131. The normalized spacial score (nSPS) is 21.9. The van der Waals surface area contributed by atoms with Gasteiger partial charge in [-0.1, -0.05) is 0 Å². The van der Waals surface area contributed by atoms with Crippen LogP contribution >= 0.6 is 0 Å². The molecule has 0 radical (unpaired) electrons. The highest BCUT2D eigenvalue weighted by Crippen LogP contribution is 2.18. The smallest absolute Gasteiger partial charge is 0.236 e. The zero-order valence-electron chi connectivity index (χ0n) is 9.82. The maximum Gasteiger partial charge on any atom is 0.236 e. The molecule has 1 fully saturated rings. The van der Waals surface area contributed by atoms with Gasteiger partial charge in [-0.2, -0.15) is 0 Å². The van der Waals surface area contributed by atoms with Crippen molar-refractivity contribution >= 4 is 11.7 Å². The average Bonchev–Trinajstić information content (AvgIpc) is 2.17. The van der Waals surface area contributed by atoms with Crippen LogP contribution in [0.3, 0.4) is 0 Å². The number of nitrogens with zero attached hydrogens (tertiary/aromatic N) is 2. The van der Waals surface area contributed by atoms with Gasteiger partial charge in [-0.25, -0.2) is 0 Å². The zero-order chi connectivity index (χ0) is 11.4. The summed E-state index contributed by atoms with van der Waals surface area (Å²) in [5.41, 5.74) is 0. The monoisotopic (exact) mass is 212 g/mol. The number of amides is 1. The van der Waals surface area contributed by atoms with Crippen molar-refractivity contribution in [3.8, 4) is 0 Å². The molecule has 4 heteroatoms. The molecule has 15 heavy (non-hydrogen) atoms. The van der Waals surface area contributed by atoms with E-state index in [1.807, 2.05) is 11.9 Å². The van der Waals surface area contributed by atoms with Gasteiger partial charge in [-0.05, 0) is 19.9 Å². The molecule has 0 heterocycles. The first-order valence-corrected chi connectivity index (χ1v) is 5.43. The maximum atomic E-state index is 11.5. The van der Waals surface area contributed by atoms with E-state index in [-0.39, 0.29) is 11.9 Å². The second-order valence-electron chi connectivity index (χ2n) is 4.49. The largest absolute Gasteiger partial charge is 0.348 e. The van der Waals surface area contributed by atoms with E-state index >= 15 is 0 Å². The van der Waals surface area contributed by atoms with Crippen LogP contribution in [-0.4, -0.2) is 55.2 Å². The number of Topliss-reactive ketones (excluding diaryl/α,β-unsaturated/α-hetero) is 1. The molecule has 1 unspecified atom stereocenters. The third-order valence-electron chi connectivity index (χ3n) is 2.96.